The Kier molecular flexibility index (Phi) is 6.14. The summed E-state index contributed by atoms with van der Waals surface area (Å²) >= 11 is 1.93. The van der Waals surface area contributed by atoms with Gasteiger partial charge >= 0.3 is 0 Å². The molecule has 3 aliphatic rings. The Balaban J connectivity index is 1.13. The average Bonchev–Trinajstić information content (AvgIpc) is 3.40. The number of aromatic nitrogens is 1. The quantitative estimate of drug-likeness (QED) is 0.722. The van der Waals surface area contributed by atoms with Crippen LogP contribution in [0.1, 0.15) is 47.8 Å². The summed E-state index contributed by atoms with van der Waals surface area (Å²) in [6.07, 6.45) is 4.28. The molecule has 0 spiro atoms. The number of hydrogen-bond acceptors (Lipinski definition) is 7. The third-order valence-corrected chi connectivity index (χ3v) is 6.41. The van der Waals surface area contributed by atoms with Crippen LogP contribution in [0, 0.1) is 0 Å². The molecule has 1 aliphatic carbocycles. The molecule has 26 heavy (non-hydrogen) atoms. The van der Waals surface area contributed by atoms with E-state index in [1.54, 1.807) is 0 Å². The number of carbonyl (C=O) groups excluding carboxylic acids is 1. The molecule has 7 nitrogen and oxygen atoms in total. The van der Waals surface area contributed by atoms with Crippen LogP contribution in [0.15, 0.2) is 10.6 Å². The van der Waals surface area contributed by atoms with E-state index in [4.69, 9.17) is 9.26 Å². The second-order valence-corrected chi connectivity index (χ2v) is 8.54. The van der Waals surface area contributed by atoms with Gasteiger partial charge in [0.25, 0.3) is 5.91 Å². The monoisotopic (exact) mass is 380 g/mol. The van der Waals surface area contributed by atoms with Crippen LogP contribution in [0.25, 0.3) is 0 Å². The van der Waals surface area contributed by atoms with Gasteiger partial charge in [0.1, 0.15) is 5.76 Å². The lowest BCUT2D eigenvalue weighted by atomic mass is 10.1. The Bertz CT molecular complexity index is 593. The highest BCUT2D eigenvalue weighted by Crippen LogP contribution is 2.40. The molecule has 0 unspecified atom stereocenters. The number of hydrogen-bond donors (Lipinski definition) is 1. The molecule has 3 heterocycles. The first-order chi connectivity index (χ1) is 12.8. The smallest absolute Gasteiger partial charge is 0.273 e. The van der Waals surface area contributed by atoms with Crippen molar-refractivity contribution < 1.29 is 14.1 Å². The minimum Gasteiger partial charge on any atom is -0.379 e. The van der Waals surface area contributed by atoms with Crippen LogP contribution >= 0.6 is 11.9 Å². The van der Waals surface area contributed by atoms with Crippen molar-refractivity contribution in [2.75, 3.05) is 51.7 Å². The van der Waals surface area contributed by atoms with Gasteiger partial charge in [-0.15, -0.1) is 0 Å². The highest BCUT2D eigenvalue weighted by Gasteiger charge is 2.29. The summed E-state index contributed by atoms with van der Waals surface area (Å²) < 4.78 is 13.1. The second-order valence-electron chi connectivity index (χ2n) is 7.35. The van der Waals surface area contributed by atoms with Crippen molar-refractivity contribution in [3.05, 3.63) is 17.5 Å². The summed E-state index contributed by atoms with van der Waals surface area (Å²) in [4.78, 5) is 14.8. The molecular weight excluding hydrogens is 352 g/mol. The molecule has 144 valence electrons. The number of amides is 1. The van der Waals surface area contributed by atoms with E-state index in [2.05, 4.69) is 19.7 Å². The van der Waals surface area contributed by atoms with Crippen molar-refractivity contribution in [1.29, 1.82) is 0 Å². The largest absolute Gasteiger partial charge is 0.379 e. The molecule has 2 aliphatic heterocycles. The fraction of sp³-hybridized carbons (Fsp3) is 0.778. The third kappa shape index (κ3) is 5.00. The van der Waals surface area contributed by atoms with Gasteiger partial charge in [0.2, 0.25) is 0 Å². The lowest BCUT2D eigenvalue weighted by molar-refractivity contribution is 0.0409. The topological polar surface area (TPSA) is 70.8 Å². The van der Waals surface area contributed by atoms with Crippen molar-refractivity contribution in [3.8, 4) is 0 Å². The number of nitrogens with one attached hydrogen (secondary N) is 1. The standard InChI is InChI=1S/C18H28N4O3S/c23-18(16-13-17(25-20-16)14-1-2-14)19-15-3-5-22(6-4-15)26-12-9-21-7-10-24-11-8-21/h13-15H,1-12H2,(H,19,23). The van der Waals surface area contributed by atoms with E-state index < -0.39 is 0 Å². The van der Waals surface area contributed by atoms with Gasteiger partial charge in [0, 0.05) is 56.5 Å². The first-order valence-corrected chi connectivity index (χ1v) is 10.7. The zero-order valence-corrected chi connectivity index (χ0v) is 16.0. The zero-order valence-electron chi connectivity index (χ0n) is 15.2. The maximum absolute atomic E-state index is 12.3. The van der Waals surface area contributed by atoms with Gasteiger partial charge in [-0.2, -0.15) is 0 Å². The van der Waals surface area contributed by atoms with E-state index in [0.717, 1.165) is 83.1 Å². The fourth-order valence-electron chi connectivity index (χ4n) is 3.47. The lowest BCUT2D eigenvalue weighted by Gasteiger charge is -2.32. The molecule has 0 aromatic carbocycles. The molecule has 2 saturated heterocycles. The summed E-state index contributed by atoms with van der Waals surface area (Å²) in [7, 11) is 0. The molecule has 0 radical (unpaired) electrons. The van der Waals surface area contributed by atoms with Crippen molar-refractivity contribution in [1.82, 2.24) is 19.7 Å². The molecule has 3 fully saturated rings. The fourth-order valence-corrected chi connectivity index (χ4v) is 4.54. The summed E-state index contributed by atoms with van der Waals surface area (Å²) in [6, 6.07) is 2.04. The van der Waals surface area contributed by atoms with Crippen molar-refractivity contribution in [2.24, 2.45) is 0 Å². The number of nitrogens with zero attached hydrogens (tertiary/aromatic N) is 3. The average molecular weight is 381 g/mol. The molecule has 0 atom stereocenters. The number of piperidine rings is 1. The highest BCUT2D eigenvalue weighted by molar-refractivity contribution is 7.97. The molecule has 8 heteroatoms. The van der Waals surface area contributed by atoms with Crippen LogP contribution in [-0.4, -0.2) is 78.0 Å². The van der Waals surface area contributed by atoms with Crippen LogP contribution in [0.2, 0.25) is 0 Å². The minimum absolute atomic E-state index is 0.0981. The van der Waals surface area contributed by atoms with E-state index in [0.29, 0.717) is 11.6 Å². The van der Waals surface area contributed by atoms with Crippen molar-refractivity contribution >= 4 is 17.9 Å². The number of ether oxygens (including phenoxy) is 1. The number of morpholine rings is 1. The van der Waals surface area contributed by atoms with Crippen LogP contribution < -0.4 is 5.32 Å². The maximum atomic E-state index is 12.3. The van der Waals surface area contributed by atoms with Crippen LogP contribution in [0.3, 0.4) is 0 Å². The van der Waals surface area contributed by atoms with E-state index >= 15 is 0 Å². The number of rotatable bonds is 7. The molecule has 4 rings (SSSR count). The first kappa shape index (κ1) is 18.3. The molecule has 1 aromatic rings. The highest BCUT2D eigenvalue weighted by atomic mass is 32.2. The van der Waals surface area contributed by atoms with Gasteiger partial charge in [0.05, 0.1) is 13.2 Å². The van der Waals surface area contributed by atoms with E-state index in [-0.39, 0.29) is 11.9 Å². The first-order valence-electron chi connectivity index (χ1n) is 9.73. The van der Waals surface area contributed by atoms with Gasteiger partial charge in [-0.1, -0.05) is 17.1 Å². The Hall–Kier alpha value is -1.09. The normalized spacial score (nSPS) is 23.2. The zero-order chi connectivity index (χ0) is 17.8. The molecule has 1 aromatic heterocycles. The molecule has 1 N–H and O–H groups in total. The van der Waals surface area contributed by atoms with Gasteiger partial charge in [-0.3, -0.25) is 14.0 Å². The molecule has 1 saturated carbocycles. The third-order valence-electron chi connectivity index (χ3n) is 5.31. The predicted octanol–water partition coefficient (Wildman–Crippen LogP) is 1.73. The number of carbonyl (C=O) groups is 1. The summed E-state index contributed by atoms with van der Waals surface area (Å²) in [5, 5.41) is 7.04. The van der Waals surface area contributed by atoms with E-state index in [1.165, 1.54) is 0 Å². The minimum atomic E-state index is -0.0981. The van der Waals surface area contributed by atoms with Gasteiger partial charge in [0.15, 0.2) is 5.69 Å². The van der Waals surface area contributed by atoms with Gasteiger partial charge in [-0.25, -0.2) is 0 Å². The summed E-state index contributed by atoms with van der Waals surface area (Å²) in [5.41, 5.74) is 0.425. The summed E-state index contributed by atoms with van der Waals surface area (Å²) in [6.45, 7) is 7.00. The second kappa shape index (κ2) is 8.73. The van der Waals surface area contributed by atoms with Crippen molar-refractivity contribution in [3.63, 3.8) is 0 Å². The lowest BCUT2D eigenvalue weighted by Crippen LogP contribution is -2.43. The van der Waals surface area contributed by atoms with Gasteiger partial charge < -0.3 is 14.6 Å². The maximum Gasteiger partial charge on any atom is 0.273 e. The Labute approximate surface area is 158 Å². The van der Waals surface area contributed by atoms with Gasteiger partial charge in [-0.05, 0) is 25.7 Å². The molecule has 1 amide bonds. The summed E-state index contributed by atoms with van der Waals surface area (Å²) in [5.74, 6) is 2.38. The van der Waals surface area contributed by atoms with Crippen LogP contribution in [0.4, 0.5) is 0 Å². The van der Waals surface area contributed by atoms with E-state index in [9.17, 15) is 4.79 Å². The Morgan fingerprint density at radius 2 is 1.96 bits per heavy atom. The Morgan fingerprint density at radius 3 is 2.69 bits per heavy atom. The van der Waals surface area contributed by atoms with Crippen molar-refractivity contribution in [2.45, 2.75) is 37.6 Å². The molecular formula is C18H28N4O3S. The molecule has 0 bridgehead atoms. The predicted molar refractivity (Wildman–Crippen MR) is 100 cm³/mol. The Morgan fingerprint density at radius 1 is 1.19 bits per heavy atom. The SMILES string of the molecule is O=C(NC1CCN(SCCN2CCOCC2)CC1)c1cc(C2CC2)on1. The van der Waals surface area contributed by atoms with Crippen LogP contribution in [0.5, 0.6) is 0 Å². The van der Waals surface area contributed by atoms with Crippen LogP contribution in [-0.2, 0) is 4.74 Å². The van der Waals surface area contributed by atoms with E-state index in [1.807, 2.05) is 18.0 Å².